The zero-order valence-corrected chi connectivity index (χ0v) is 18.4. The molecule has 2 heterocycles. The third-order valence-corrected chi connectivity index (χ3v) is 6.43. The second-order valence-corrected chi connectivity index (χ2v) is 8.29. The van der Waals surface area contributed by atoms with Gasteiger partial charge in [0.25, 0.3) is 11.6 Å². The van der Waals surface area contributed by atoms with Crippen LogP contribution in [0.3, 0.4) is 0 Å². The van der Waals surface area contributed by atoms with Gasteiger partial charge in [-0.05, 0) is 24.3 Å². The van der Waals surface area contributed by atoms with Crippen molar-refractivity contribution in [2.75, 3.05) is 45.3 Å². The number of fused-ring (bicyclic) bond motifs is 1. The van der Waals surface area contributed by atoms with E-state index < -0.39 is 10.8 Å². The van der Waals surface area contributed by atoms with Crippen molar-refractivity contribution in [1.29, 1.82) is 0 Å². The van der Waals surface area contributed by atoms with Crippen LogP contribution in [0.5, 0.6) is 11.5 Å². The minimum absolute atomic E-state index is 0.00256. The number of hydrogen-bond donors (Lipinski definition) is 0. The molecule has 1 amide bonds. The van der Waals surface area contributed by atoms with Crippen LogP contribution >= 0.6 is 22.9 Å². The van der Waals surface area contributed by atoms with Crippen molar-refractivity contribution in [2.24, 2.45) is 0 Å². The van der Waals surface area contributed by atoms with Crippen molar-refractivity contribution in [3.05, 3.63) is 51.0 Å². The van der Waals surface area contributed by atoms with Crippen molar-refractivity contribution < 1.29 is 19.2 Å². The lowest BCUT2D eigenvalue weighted by Gasteiger charge is -2.34. The van der Waals surface area contributed by atoms with Gasteiger partial charge in [0.2, 0.25) is 0 Å². The van der Waals surface area contributed by atoms with Crippen LogP contribution in [0.25, 0.3) is 10.2 Å². The summed E-state index contributed by atoms with van der Waals surface area (Å²) in [5.41, 5.74) is 0.488. The van der Waals surface area contributed by atoms with E-state index in [0.717, 1.165) is 15.3 Å². The maximum absolute atomic E-state index is 12.9. The molecule has 0 bridgehead atoms. The van der Waals surface area contributed by atoms with Crippen molar-refractivity contribution in [3.63, 3.8) is 0 Å². The summed E-state index contributed by atoms with van der Waals surface area (Å²) in [6, 6.07) is 7.80. The maximum atomic E-state index is 12.9. The first-order valence-electron chi connectivity index (χ1n) is 9.42. The molecule has 0 atom stereocenters. The largest absolute Gasteiger partial charge is 0.493 e. The van der Waals surface area contributed by atoms with Gasteiger partial charge in [-0.25, -0.2) is 4.98 Å². The summed E-state index contributed by atoms with van der Waals surface area (Å²) in [4.78, 5) is 32.1. The molecule has 0 saturated carbocycles. The first kappa shape index (κ1) is 21.1. The van der Waals surface area contributed by atoms with E-state index in [2.05, 4.69) is 4.90 Å². The Morgan fingerprint density at radius 2 is 1.90 bits per heavy atom. The van der Waals surface area contributed by atoms with Crippen LogP contribution in [0.15, 0.2) is 30.3 Å². The third kappa shape index (κ3) is 3.96. The van der Waals surface area contributed by atoms with Crippen LogP contribution in [0.2, 0.25) is 5.02 Å². The molecule has 0 radical (unpaired) electrons. The van der Waals surface area contributed by atoms with Crippen LogP contribution in [-0.4, -0.2) is 61.1 Å². The Labute approximate surface area is 186 Å². The lowest BCUT2D eigenvalue weighted by Crippen LogP contribution is -2.48. The summed E-state index contributed by atoms with van der Waals surface area (Å²) in [5, 5.41) is 12.4. The molecule has 9 nitrogen and oxygen atoms in total. The van der Waals surface area contributed by atoms with Gasteiger partial charge in [-0.2, -0.15) is 0 Å². The highest BCUT2D eigenvalue weighted by atomic mass is 35.5. The number of nitro benzene ring substituents is 1. The smallest absolute Gasteiger partial charge is 0.282 e. The molecule has 0 N–H and O–H groups in total. The topological polar surface area (TPSA) is 98.0 Å². The molecular weight excluding hydrogens is 444 g/mol. The fourth-order valence-electron chi connectivity index (χ4n) is 3.54. The van der Waals surface area contributed by atoms with Crippen LogP contribution in [0, 0.1) is 10.1 Å². The average molecular weight is 463 g/mol. The number of benzene rings is 2. The number of amides is 1. The fourth-order valence-corrected chi connectivity index (χ4v) is 4.73. The standard InChI is InChI=1S/C20H19ClN4O5S/c1-29-15-5-6-16-17(18(15)30-2)22-20(31-16)24-9-7-23(8-10-24)19(26)13-11-12(21)3-4-14(13)25(27)28/h3-6,11H,7-10H2,1-2H3. The van der Waals surface area contributed by atoms with Gasteiger partial charge in [-0.3, -0.25) is 14.9 Å². The van der Waals surface area contributed by atoms with E-state index in [1.165, 1.54) is 29.5 Å². The quantitative estimate of drug-likeness (QED) is 0.419. The molecule has 11 heteroatoms. The minimum Gasteiger partial charge on any atom is -0.493 e. The normalized spacial score (nSPS) is 14.0. The van der Waals surface area contributed by atoms with E-state index in [0.29, 0.717) is 37.7 Å². The number of carbonyl (C=O) groups is 1. The van der Waals surface area contributed by atoms with Gasteiger partial charge >= 0.3 is 0 Å². The molecule has 31 heavy (non-hydrogen) atoms. The summed E-state index contributed by atoms with van der Waals surface area (Å²) in [5.74, 6) is 0.805. The van der Waals surface area contributed by atoms with E-state index >= 15 is 0 Å². The van der Waals surface area contributed by atoms with E-state index in [4.69, 9.17) is 26.1 Å². The number of ether oxygens (including phenoxy) is 2. The summed E-state index contributed by atoms with van der Waals surface area (Å²) in [7, 11) is 3.16. The Bertz CT molecular complexity index is 1160. The van der Waals surface area contributed by atoms with E-state index in [1.807, 2.05) is 12.1 Å². The first-order chi connectivity index (χ1) is 14.9. The number of rotatable bonds is 5. The van der Waals surface area contributed by atoms with Gasteiger partial charge in [0.15, 0.2) is 16.6 Å². The van der Waals surface area contributed by atoms with E-state index in [1.54, 1.807) is 19.1 Å². The molecule has 1 aliphatic rings. The maximum Gasteiger partial charge on any atom is 0.282 e. The molecule has 1 saturated heterocycles. The molecule has 1 fully saturated rings. The second kappa shape index (κ2) is 8.56. The lowest BCUT2D eigenvalue weighted by atomic mass is 10.1. The lowest BCUT2D eigenvalue weighted by molar-refractivity contribution is -0.385. The molecule has 0 unspecified atom stereocenters. The summed E-state index contributed by atoms with van der Waals surface area (Å²) < 4.78 is 11.8. The Hall–Kier alpha value is -3.11. The van der Waals surface area contributed by atoms with E-state index in [9.17, 15) is 14.9 Å². The van der Waals surface area contributed by atoms with Crippen LogP contribution in [-0.2, 0) is 0 Å². The Morgan fingerprint density at radius 1 is 1.16 bits per heavy atom. The molecule has 0 spiro atoms. The van der Waals surface area contributed by atoms with E-state index in [-0.39, 0.29) is 16.3 Å². The van der Waals surface area contributed by atoms with Gasteiger partial charge in [0.1, 0.15) is 11.1 Å². The van der Waals surface area contributed by atoms with Gasteiger partial charge in [0.05, 0.1) is 23.8 Å². The number of halogens is 1. The molecule has 1 aromatic heterocycles. The summed E-state index contributed by atoms with van der Waals surface area (Å²) >= 11 is 7.50. The second-order valence-electron chi connectivity index (χ2n) is 6.84. The van der Waals surface area contributed by atoms with Gasteiger partial charge in [-0.15, -0.1) is 0 Å². The predicted octanol–water partition coefficient (Wildman–Crippen LogP) is 3.84. The molecule has 3 aromatic rings. The third-order valence-electron chi connectivity index (χ3n) is 5.11. The predicted molar refractivity (Wildman–Crippen MR) is 119 cm³/mol. The Morgan fingerprint density at radius 3 is 2.55 bits per heavy atom. The summed E-state index contributed by atoms with van der Waals surface area (Å²) in [6.07, 6.45) is 0. The van der Waals surface area contributed by atoms with Crippen LogP contribution < -0.4 is 14.4 Å². The summed E-state index contributed by atoms with van der Waals surface area (Å²) in [6.45, 7) is 1.94. The van der Waals surface area contributed by atoms with Crippen molar-refractivity contribution in [2.45, 2.75) is 0 Å². The number of nitrogens with zero attached hydrogens (tertiary/aromatic N) is 4. The van der Waals surface area contributed by atoms with Crippen LogP contribution in [0.1, 0.15) is 10.4 Å². The molecule has 4 rings (SSSR count). The molecule has 1 aliphatic heterocycles. The van der Waals surface area contributed by atoms with Gasteiger partial charge in [0, 0.05) is 37.3 Å². The number of nitro groups is 1. The average Bonchev–Trinajstić information content (AvgIpc) is 3.22. The number of carbonyl (C=O) groups excluding carboxylic acids is 1. The molecule has 2 aromatic carbocycles. The van der Waals surface area contributed by atoms with Crippen LogP contribution in [0.4, 0.5) is 10.8 Å². The number of aromatic nitrogens is 1. The van der Waals surface area contributed by atoms with Crippen molar-refractivity contribution >= 4 is 49.9 Å². The molecule has 0 aliphatic carbocycles. The number of hydrogen-bond acceptors (Lipinski definition) is 8. The Balaban J connectivity index is 1.52. The number of anilines is 1. The first-order valence-corrected chi connectivity index (χ1v) is 10.6. The van der Waals surface area contributed by atoms with Gasteiger partial charge in [-0.1, -0.05) is 22.9 Å². The zero-order valence-electron chi connectivity index (χ0n) is 16.8. The number of methoxy groups -OCH3 is 2. The monoisotopic (exact) mass is 462 g/mol. The Kier molecular flexibility index (Phi) is 5.84. The molecular formula is C20H19ClN4O5S. The highest BCUT2D eigenvalue weighted by molar-refractivity contribution is 7.22. The fraction of sp³-hybridized carbons (Fsp3) is 0.300. The number of thiazole rings is 1. The highest BCUT2D eigenvalue weighted by Gasteiger charge is 2.29. The highest BCUT2D eigenvalue weighted by Crippen LogP contribution is 2.40. The van der Waals surface area contributed by atoms with Gasteiger partial charge < -0.3 is 19.3 Å². The van der Waals surface area contributed by atoms with Crippen molar-refractivity contribution in [3.8, 4) is 11.5 Å². The number of piperazine rings is 1. The zero-order chi connectivity index (χ0) is 22.1. The SMILES string of the molecule is COc1ccc2sc(N3CCN(C(=O)c4cc(Cl)ccc4[N+](=O)[O-])CC3)nc2c1OC. The minimum atomic E-state index is -0.567. The van der Waals surface area contributed by atoms with Crippen molar-refractivity contribution in [1.82, 2.24) is 9.88 Å². The molecule has 162 valence electrons.